The highest BCUT2D eigenvalue weighted by atomic mass is 16.5. The first-order valence-corrected chi connectivity index (χ1v) is 8.89. The molecule has 1 saturated carbocycles. The maximum Gasteiger partial charge on any atom is 0.167 e. The summed E-state index contributed by atoms with van der Waals surface area (Å²) in [7, 11) is 0. The van der Waals surface area contributed by atoms with E-state index in [1.165, 1.54) is 30.6 Å². The molecule has 0 saturated heterocycles. The van der Waals surface area contributed by atoms with Crippen molar-refractivity contribution >= 4 is 11.4 Å². The number of benzene rings is 1. The van der Waals surface area contributed by atoms with Gasteiger partial charge in [0.05, 0.1) is 17.5 Å². The average Bonchev–Trinajstić information content (AvgIpc) is 2.77. The molecule has 130 valence electrons. The highest BCUT2D eigenvalue weighted by Gasteiger charge is 2.40. The predicted molar refractivity (Wildman–Crippen MR) is 97.4 cm³/mol. The van der Waals surface area contributed by atoms with Crippen LogP contribution in [-0.4, -0.2) is 25.0 Å². The second kappa shape index (κ2) is 6.81. The third-order valence-electron chi connectivity index (χ3n) is 5.49. The lowest BCUT2D eigenvalue weighted by Crippen LogP contribution is -2.51. The Balaban J connectivity index is 1.93. The fourth-order valence-corrected chi connectivity index (χ4v) is 4.10. The molecule has 0 radical (unpaired) electrons. The minimum absolute atomic E-state index is 0.0247. The van der Waals surface area contributed by atoms with Crippen LogP contribution >= 0.6 is 0 Å². The lowest BCUT2D eigenvalue weighted by Gasteiger charge is -2.42. The van der Waals surface area contributed by atoms with Crippen LogP contribution in [0.5, 0.6) is 5.75 Å². The first kappa shape index (κ1) is 16.8. The Morgan fingerprint density at radius 1 is 1.25 bits per heavy atom. The first-order chi connectivity index (χ1) is 11.5. The maximum absolute atomic E-state index is 8.40. The van der Waals surface area contributed by atoms with Gasteiger partial charge in [0.25, 0.3) is 0 Å². The summed E-state index contributed by atoms with van der Waals surface area (Å²) in [5, 5.41) is 3.46. The van der Waals surface area contributed by atoms with Crippen molar-refractivity contribution < 1.29 is 4.74 Å². The molecule has 1 aliphatic carbocycles. The summed E-state index contributed by atoms with van der Waals surface area (Å²) in [5.41, 5.74) is 10.9. The van der Waals surface area contributed by atoms with Gasteiger partial charge in [-0.25, -0.2) is 0 Å². The molecule has 1 aliphatic heterocycles. The van der Waals surface area contributed by atoms with E-state index in [-0.39, 0.29) is 6.73 Å². The highest BCUT2D eigenvalue weighted by Crippen LogP contribution is 2.46. The van der Waals surface area contributed by atoms with E-state index in [0.29, 0.717) is 18.2 Å². The van der Waals surface area contributed by atoms with E-state index < -0.39 is 0 Å². The molecule has 1 heterocycles. The van der Waals surface area contributed by atoms with Crippen molar-refractivity contribution in [3.05, 3.63) is 28.6 Å². The molecule has 0 aromatic heterocycles. The van der Waals surface area contributed by atoms with Gasteiger partial charge in [-0.3, -0.25) is 0 Å². The minimum atomic E-state index is 0.0247. The summed E-state index contributed by atoms with van der Waals surface area (Å²) >= 11 is 0. The maximum atomic E-state index is 8.40. The van der Waals surface area contributed by atoms with Crippen LogP contribution in [0, 0.1) is 5.92 Å². The first-order valence-electron chi connectivity index (χ1n) is 8.89. The van der Waals surface area contributed by atoms with Gasteiger partial charge in [-0.05, 0) is 64.1 Å². The van der Waals surface area contributed by atoms with Crippen molar-refractivity contribution in [2.24, 2.45) is 11.0 Å². The van der Waals surface area contributed by atoms with Crippen molar-refractivity contribution in [2.75, 3.05) is 16.5 Å². The van der Waals surface area contributed by atoms with E-state index in [0.717, 1.165) is 11.7 Å². The summed E-state index contributed by atoms with van der Waals surface area (Å²) in [6, 6.07) is 7.14. The molecule has 0 amide bonds. The SMILES string of the molecule is CC(C)N1c2ccc(OCN=[N+]=[N-])cc2N(C(C)C2CCC2)C1C. The summed E-state index contributed by atoms with van der Waals surface area (Å²) in [6.07, 6.45) is 4.35. The van der Waals surface area contributed by atoms with Gasteiger partial charge in [-0.15, -0.1) is 0 Å². The molecule has 1 fully saturated rings. The van der Waals surface area contributed by atoms with Crippen LogP contribution in [-0.2, 0) is 0 Å². The van der Waals surface area contributed by atoms with E-state index >= 15 is 0 Å². The van der Waals surface area contributed by atoms with Crippen molar-refractivity contribution in [1.82, 2.24) is 0 Å². The zero-order valence-corrected chi connectivity index (χ0v) is 15.0. The monoisotopic (exact) mass is 329 g/mol. The molecule has 24 heavy (non-hydrogen) atoms. The number of hydrogen-bond donors (Lipinski definition) is 0. The highest BCUT2D eigenvalue weighted by molar-refractivity contribution is 5.79. The van der Waals surface area contributed by atoms with Crippen LogP contribution in [0.4, 0.5) is 11.4 Å². The molecule has 0 bridgehead atoms. The van der Waals surface area contributed by atoms with Crippen molar-refractivity contribution in [2.45, 2.75) is 65.2 Å². The summed E-state index contributed by atoms with van der Waals surface area (Å²) < 4.78 is 5.57. The molecule has 1 aromatic rings. The number of fused-ring (bicyclic) bond motifs is 1. The number of azide groups is 1. The number of anilines is 2. The Labute approximate surface area is 144 Å². The molecule has 1 aromatic carbocycles. The largest absolute Gasteiger partial charge is 0.487 e. The van der Waals surface area contributed by atoms with Crippen molar-refractivity contribution in [1.29, 1.82) is 0 Å². The van der Waals surface area contributed by atoms with Crippen molar-refractivity contribution in [3.8, 4) is 5.75 Å². The van der Waals surface area contributed by atoms with Gasteiger partial charge in [-0.2, -0.15) is 0 Å². The minimum Gasteiger partial charge on any atom is -0.487 e. The number of hydrogen-bond acceptors (Lipinski definition) is 4. The Hall–Kier alpha value is -2.07. The second-order valence-electron chi connectivity index (χ2n) is 7.13. The van der Waals surface area contributed by atoms with E-state index in [1.54, 1.807) is 0 Å². The van der Waals surface area contributed by atoms with Gasteiger partial charge in [-0.1, -0.05) is 11.5 Å². The predicted octanol–water partition coefficient (Wildman–Crippen LogP) is 4.90. The number of rotatable bonds is 6. The third kappa shape index (κ3) is 2.86. The van der Waals surface area contributed by atoms with Crippen LogP contribution in [0.25, 0.3) is 10.4 Å². The smallest absolute Gasteiger partial charge is 0.167 e. The van der Waals surface area contributed by atoms with Crippen molar-refractivity contribution in [3.63, 3.8) is 0 Å². The zero-order valence-electron chi connectivity index (χ0n) is 15.0. The molecular weight excluding hydrogens is 302 g/mol. The quantitative estimate of drug-likeness (QED) is 0.423. The Kier molecular flexibility index (Phi) is 4.76. The fraction of sp³-hybridized carbons (Fsp3) is 0.667. The van der Waals surface area contributed by atoms with Gasteiger partial charge in [0.2, 0.25) is 0 Å². The van der Waals surface area contributed by atoms with Crippen LogP contribution < -0.4 is 14.5 Å². The van der Waals surface area contributed by atoms with Gasteiger partial charge >= 0.3 is 0 Å². The topological polar surface area (TPSA) is 64.5 Å². The van der Waals surface area contributed by atoms with Crippen LogP contribution in [0.15, 0.2) is 23.3 Å². The third-order valence-corrected chi connectivity index (χ3v) is 5.49. The van der Waals surface area contributed by atoms with Gasteiger partial charge in [0.1, 0.15) is 5.75 Å². The van der Waals surface area contributed by atoms with Crippen LogP contribution in [0.3, 0.4) is 0 Å². The lowest BCUT2D eigenvalue weighted by atomic mass is 9.79. The molecule has 2 unspecified atom stereocenters. The standard InChI is InChI=1S/C18H27N5O/c1-12(2)22-14(4)23(13(3)15-6-5-7-15)18-10-16(8-9-17(18)22)24-11-20-21-19/h8-10,12-15H,5-7,11H2,1-4H3. The van der Waals surface area contributed by atoms with E-state index in [9.17, 15) is 0 Å². The van der Waals surface area contributed by atoms with Gasteiger partial charge in [0, 0.05) is 23.1 Å². The lowest BCUT2D eigenvalue weighted by molar-refractivity contribution is 0.256. The Morgan fingerprint density at radius 3 is 2.58 bits per heavy atom. The average molecular weight is 329 g/mol. The normalized spacial score (nSPS) is 21.3. The Morgan fingerprint density at radius 2 is 2.00 bits per heavy atom. The molecule has 2 aliphatic rings. The van der Waals surface area contributed by atoms with E-state index in [1.807, 2.05) is 6.07 Å². The number of ether oxygens (including phenoxy) is 1. The molecule has 0 spiro atoms. The molecule has 6 nitrogen and oxygen atoms in total. The number of nitrogens with zero attached hydrogens (tertiary/aromatic N) is 5. The molecule has 0 N–H and O–H groups in total. The zero-order chi connectivity index (χ0) is 17.3. The summed E-state index contributed by atoms with van der Waals surface area (Å²) in [5.74, 6) is 1.53. The van der Waals surface area contributed by atoms with Crippen LogP contribution in [0.1, 0.15) is 47.0 Å². The van der Waals surface area contributed by atoms with Gasteiger partial charge in [0.15, 0.2) is 6.73 Å². The molecular formula is C18H27N5O. The Bertz CT molecular complexity index is 636. The summed E-state index contributed by atoms with van der Waals surface area (Å²) in [6.45, 7) is 9.14. The molecule has 6 heteroatoms. The second-order valence-corrected chi connectivity index (χ2v) is 7.13. The fourth-order valence-electron chi connectivity index (χ4n) is 4.10. The summed E-state index contributed by atoms with van der Waals surface area (Å²) in [4.78, 5) is 7.75. The van der Waals surface area contributed by atoms with E-state index in [4.69, 9.17) is 10.3 Å². The van der Waals surface area contributed by atoms with E-state index in [2.05, 4.69) is 59.7 Å². The molecule has 3 rings (SSSR count). The van der Waals surface area contributed by atoms with Gasteiger partial charge < -0.3 is 14.5 Å². The van der Waals surface area contributed by atoms with Crippen LogP contribution in [0.2, 0.25) is 0 Å². The molecule has 2 atom stereocenters.